The van der Waals surface area contributed by atoms with Gasteiger partial charge in [0, 0.05) is 24.4 Å². The Labute approximate surface area is 119 Å². The van der Waals surface area contributed by atoms with E-state index in [2.05, 4.69) is 9.72 Å². The first-order valence-corrected chi connectivity index (χ1v) is 6.44. The molecule has 1 heterocycles. The number of ether oxygens (including phenoxy) is 1. The first kappa shape index (κ1) is 15.4. The fourth-order valence-corrected chi connectivity index (χ4v) is 1.98. The van der Waals surface area contributed by atoms with Crippen molar-refractivity contribution < 1.29 is 22.7 Å². The second-order valence-electron chi connectivity index (χ2n) is 4.62. The fourth-order valence-electron chi connectivity index (χ4n) is 1.98. The van der Waals surface area contributed by atoms with E-state index >= 15 is 0 Å². The van der Waals surface area contributed by atoms with Gasteiger partial charge in [0.15, 0.2) is 0 Å². The molecule has 1 aromatic heterocycles. The summed E-state index contributed by atoms with van der Waals surface area (Å²) in [6, 6.07) is 9.16. The summed E-state index contributed by atoms with van der Waals surface area (Å²) in [5, 5.41) is 0.879. The Balaban J connectivity index is 1.90. The van der Waals surface area contributed by atoms with E-state index in [4.69, 9.17) is 0 Å². The Morgan fingerprint density at radius 2 is 1.95 bits per heavy atom. The van der Waals surface area contributed by atoms with Crippen molar-refractivity contribution in [2.24, 2.45) is 0 Å². The number of fused-ring (bicyclic) bond motifs is 1. The summed E-state index contributed by atoms with van der Waals surface area (Å²) >= 11 is 0. The summed E-state index contributed by atoms with van der Waals surface area (Å²) in [7, 11) is 0. The fraction of sp³-hybridized carbons (Fsp3) is 0.333. The standard InChI is InChI=1S/C15H14F3NO2/c16-15(17,18)10-21-8-6-12(20)9-11-5-7-19-14-4-2-1-3-13(11)14/h1-5,7H,6,8-10H2. The van der Waals surface area contributed by atoms with E-state index in [-0.39, 0.29) is 25.2 Å². The summed E-state index contributed by atoms with van der Waals surface area (Å²) in [5.74, 6) is -0.159. The van der Waals surface area contributed by atoms with Crippen LogP contribution in [0, 0.1) is 0 Å². The molecular formula is C15H14F3NO2. The molecule has 0 N–H and O–H groups in total. The van der Waals surface area contributed by atoms with Gasteiger partial charge in [-0.15, -0.1) is 0 Å². The van der Waals surface area contributed by atoms with Gasteiger partial charge in [-0.3, -0.25) is 9.78 Å². The number of alkyl halides is 3. The molecule has 0 aliphatic heterocycles. The van der Waals surface area contributed by atoms with Gasteiger partial charge in [-0.25, -0.2) is 0 Å². The van der Waals surface area contributed by atoms with Crippen molar-refractivity contribution in [3.63, 3.8) is 0 Å². The molecule has 0 atom stereocenters. The highest BCUT2D eigenvalue weighted by atomic mass is 19.4. The third-order valence-corrected chi connectivity index (χ3v) is 2.92. The van der Waals surface area contributed by atoms with Crippen LogP contribution in [-0.4, -0.2) is 30.2 Å². The summed E-state index contributed by atoms with van der Waals surface area (Å²) < 4.78 is 40.1. The lowest BCUT2D eigenvalue weighted by atomic mass is 10.0. The van der Waals surface area contributed by atoms with Gasteiger partial charge in [0.2, 0.25) is 0 Å². The summed E-state index contributed by atoms with van der Waals surface area (Å²) in [5.41, 5.74) is 1.61. The van der Waals surface area contributed by atoms with E-state index in [1.54, 1.807) is 12.3 Å². The van der Waals surface area contributed by atoms with Crippen molar-refractivity contribution >= 4 is 16.7 Å². The quantitative estimate of drug-likeness (QED) is 0.768. The van der Waals surface area contributed by atoms with Crippen molar-refractivity contribution in [1.82, 2.24) is 4.98 Å². The molecule has 0 aliphatic rings. The van der Waals surface area contributed by atoms with Crippen LogP contribution < -0.4 is 0 Å². The van der Waals surface area contributed by atoms with E-state index in [0.717, 1.165) is 16.5 Å². The zero-order valence-corrected chi connectivity index (χ0v) is 11.2. The SMILES string of the molecule is O=C(CCOCC(F)(F)F)Cc1ccnc2ccccc12. The molecular weight excluding hydrogens is 283 g/mol. The van der Waals surface area contributed by atoms with Gasteiger partial charge in [-0.05, 0) is 17.7 Å². The smallest absolute Gasteiger partial charge is 0.372 e. The topological polar surface area (TPSA) is 39.2 Å². The maximum Gasteiger partial charge on any atom is 0.411 e. The van der Waals surface area contributed by atoms with Gasteiger partial charge in [-0.2, -0.15) is 13.2 Å². The van der Waals surface area contributed by atoms with Crippen molar-refractivity contribution in [3.05, 3.63) is 42.1 Å². The van der Waals surface area contributed by atoms with E-state index < -0.39 is 12.8 Å². The molecule has 0 radical (unpaired) electrons. The summed E-state index contributed by atoms with van der Waals surface area (Å²) in [6.45, 7) is -1.54. The molecule has 0 amide bonds. The van der Waals surface area contributed by atoms with Crippen LogP contribution >= 0.6 is 0 Å². The lowest BCUT2D eigenvalue weighted by Crippen LogP contribution is -2.18. The minimum Gasteiger partial charge on any atom is -0.372 e. The zero-order chi connectivity index (χ0) is 15.3. The third-order valence-electron chi connectivity index (χ3n) is 2.92. The van der Waals surface area contributed by atoms with Gasteiger partial charge < -0.3 is 4.74 Å². The van der Waals surface area contributed by atoms with Crippen molar-refractivity contribution in [2.75, 3.05) is 13.2 Å². The predicted octanol–water partition coefficient (Wildman–Crippen LogP) is 3.32. The van der Waals surface area contributed by atoms with E-state index in [1.807, 2.05) is 24.3 Å². The van der Waals surface area contributed by atoms with E-state index in [0.29, 0.717) is 0 Å². The second-order valence-corrected chi connectivity index (χ2v) is 4.62. The minimum absolute atomic E-state index is 0.0350. The molecule has 0 spiro atoms. The van der Waals surface area contributed by atoms with Crippen LogP contribution in [0.1, 0.15) is 12.0 Å². The molecule has 0 saturated carbocycles. The maximum atomic E-state index is 11.9. The van der Waals surface area contributed by atoms with Crippen LogP contribution in [0.3, 0.4) is 0 Å². The van der Waals surface area contributed by atoms with Crippen molar-refractivity contribution in [2.45, 2.75) is 19.0 Å². The zero-order valence-electron chi connectivity index (χ0n) is 11.2. The van der Waals surface area contributed by atoms with Gasteiger partial charge in [0.25, 0.3) is 0 Å². The lowest BCUT2D eigenvalue weighted by molar-refractivity contribution is -0.174. The molecule has 3 nitrogen and oxygen atoms in total. The minimum atomic E-state index is -4.36. The highest BCUT2D eigenvalue weighted by molar-refractivity contribution is 5.88. The van der Waals surface area contributed by atoms with Crippen LogP contribution in [0.25, 0.3) is 10.9 Å². The average Bonchev–Trinajstić information content (AvgIpc) is 2.43. The van der Waals surface area contributed by atoms with Crippen LogP contribution in [0.5, 0.6) is 0 Å². The molecule has 2 aromatic rings. The largest absolute Gasteiger partial charge is 0.411 e. The number of aromatic nitrogens is 1. The van der Waals surface area contributed by atoms with E-state index in [9.17, 15) is 18.0 Å². The number of rotatable bonds is 6. The number of hydrogen-bond donors (Lipinski definition) is 0. The molecule has 21 heavy (non-hydrogen) atoms. The van der Waals surface area contributed by atoms with Gasteiger partial charge in [0.05, 0.1) is 12.1 Å². The number of halogens is 3. The maximum absolute atomic E-state index is 11.9. The van der Waals surface area contributed by atoms with Crippen molar-refractivity contribution in [3.8, 4) is 0 Å². The summed E-state index contributed by atoms with van der Waals surface area (Å²) in [6.07, 6.45) is -2.61. The van der Waals surface area contributed by atoms with Gasteiger partial charge in [-0.1, -0.05) is 18.2 Å². The lowest BCUT2D eigenvalue weighted by Gasteiger charge is -2.08. The number of pyridine rings is 1. The number of carbonyl (C=O) groups excluding carboxylic acids is 1. The molecule has 0 fully saturated rings. The Bertz CT molecular complexity index is 620. The molecule has 6 heteroatoms. The number of hydrogen-bond acceptors (Lipinski definition) is 3. The molecule has 0 aliphatic carbocycles. The molecule has 112 valence electrons. The molecule has 0 saturated heterocycles. The number of benzene rings is 1. The third kappa shape index (κ3) is 4.82. The normalized spacial score (nSPS) is 11.8. The Morgan fingerprint density at radius 3 is 2.71 bits per heavy atom. The predicted molar refractivity (Wildman–Crippen MR) is 71.9 cm³/mol. The molecule has 0 bridgehead atoms. The van der Waals surface area contributed by atoms with Crippen LogP contribution in [0.4, 0.5) is 13.2 Å². The van der Waals surface area contributed by atoms with E-state index in [1.165, 1.54) is 0 Å². The van der Waals surface area contributed by atoms with Crippen LogP contribution in [-0.2, 0) is 16.0 Å². The Kier molecular flexibility index (Phi) is 4.90. The monoisotopic (exact) mass is 297 g/mol. The number of para-hydroxylation sites is 1. The molecule has 0 unspecified atom stereocenters. The highest BCUT2D eigenvalue weighted by Gasteiger charge is 2.27. The van der Waals surface area contributed by atoms with Crippen molar-refractivity contribution in [1.29, 1.82) is 0 Å². The highest BCUT2D eigenvalue weighted by Crippen LogP contribution is 2.17. The summed E-state index contributed by atoms with van der Waals surface area (Å²) in [4.78, 5) is 16.0. The Hall–Kier alpha value is -1.95. The van der Waals surface area contributed by atoms with Crippen LogP contribution in [0.2, 0.25) is 0 Å². The molecule has 1 aromatic carbocycles. The average molecular weight is 297 g/mol. The first-order valence-electron chi connectivity index (χ1n) is 6.44. The van der Waals surface area contributed by atoms with Crippen LogP contribution in [0.15, 0.2) is 36.5 Å². The first-order chi connectivity index (χ1) is 9.96. The second kappa shape index (κ2) is 6.67. The Morgan fingerprint density at radius 1 is 1.19 bits per heavy atom. The van der Waals surface area contributed by atoms with Gasteiger partial charge in [0.1, 0.15) is 12.4 Å². The number of ketones is 1. The number of carbonyl (C=O) groups is 1. The number of nitrogens with zero attached hydrogens (tertiary/aromatic N) is 1. The number of Topliss-reactive ketones (excluding diaryl/α,β-unsaturated/α-hetero) is 1. The van der Waals surface area contributed by atoms with Gasteiger partial charge >= 0.3 is 6.18 Å². The molecule has 2 rings (SSSR count).